The molecule has 0 heterocycles. The van der Waals surface area contributed by atoms with Crippen molar-refractivity contribution in [3.63, 3.8) is 0 Å². The fraction of sp³-hybridized carbons (Fsp3) is 1.00. The second kappa shape index (κ2) is 11.2. The second-order valence-corrected chi connectivity index (χ2v) is 6.21. The smallest absolute Gasteiger partial charge is 0.306 e. The topological polar surface area (TPSA) is 78.3 Å². The van der Waals surface area contributed by atoms with Crippen molar-refractivity contribution in [3.8, 4) is 0 Å². The molecule has 0 aliphatic carbocycles. The van der Waals surface area contributed by atoms with Gasteiger partial charge in [0.25, 0.3) is 0 Å². The summed E-state index contributed by atoms with van der Waals surface area (Å²) >= 11 is 0. The minimum atomic E-state index is -3.24. The van der Waals surface area contributed by atoms with Crippen LogP contribution in [-0.4, -0.2) is 6.61 Å². The maximum Gasteiger partial charge on any atom is 0.335 e. The summed E-state index contributed by atoms with van der Waals surface area (Å²) in [5.41, 5.74) is 10.1. The molecular weight excluding hydrogens is 235 g/mol. The zero-order chi connectivity index (χ0) is 13.0. The summed E-state index contributed by atoms with van der Waals surface area (Å²) in [6.45, 7) is 2.66. The Kier molecular flexibility index (Phi) is 11.3. The van der Waals surface area contributed by atoms with Crippen molar-refractivity contribution in [1.29, 1.82) is 0 Å². The van der Waals surface area contributed by atoms with Crippen molar-refractivity contribution < 1.29 is 9.09 Å². The van der Waals surface area contributed by atoms with Crippen molar-refractivity contribution in [3.05, 3.63) is 0 Å². The van der Waals surface area contributed by atoms with E-state index < -0.39 is 7.67 Å². The first-order chi connectivity index (χ1) is 8.06. The molecule has 0 aromatic rings. The fourth-order valence-electron chi connectivity index (χ4n) is 1.80. The van der Waals surface area contributed by atoms with Crippen LogP contribution in [0, 0.1) is 0 Å². The minimum Gasteiger partial charge on any atom is -0.306 e. The van der Waals surface area contributed by atoms with E-state index in [-0.39, 0.29) is 0 Å². The molecule has 104 valence electrons. The highest BCUT2D eigenvalue weighted by atomic mass is 31.2. The molecule has 0 rings (SSSR count). The SMILES string of the molecule is CCCCCCCCCCCCOP(N)(N)=O. The highest BCUT2D eigenvalue weighted by molar-refractivity contribution is 7.53. The van der Waals surface area contributed by atoms with Crippen LogP contribution < -0.4 is 11.0 Å². The minimum absolute atomic E-state index is 0.417. The quantitative estimate of drug-likeness (QED) is 0.413. The van der Waals surface area contributed by atoms with Crippen LogP contribution >= 0.6 is 7.67 Å². The Balaban J connectivity index is 3.01. The lowest BCUT2D eigenvalue weighted by Gasteiger charge is -2.07. The molecule has 5 heteroatoms. The molecule has 0 atom stereocenters. The van der Waals surface area contributed by atoms with Gasteiger partial charge in [0.2, 0.25) is 0 Å². The first-order valence-electron chi connectivity index (χ1n) is 6.88. The van der Waals surface area contributed by atoms with Crippen molar-refractivity contribution >= 4 is 7.67 Å². The molecule has 0 aliphatic heterocycles. The van der Waals surface area contributed by atoms with Crippen LogP contribution in [0.4, 0.5) is 0 Å². The molecule has 0 amide bonds. The maximum atomic E-state index is 10.8. The van der Waals surface area contributed by atoms with Crippen molar-refractivity contribution in [1.82, 2.24) is 0 Å². The van der Waals surface area contributed by atoms with E-state index in [9.17, 15) is 4.57 Å². The van der Waals surface area contributed by atoms with Crippen molar-refractivity contribution in [2.45, 2.75) is 71.1 Å². The molecule has 4 nitrogen and oxygen atoms in total. The fourth-order valence-corrected chi connectivity index (χ4v) is 2.21. The number of unbranched alkanes of at least 4 members (excludes halogenated alkanes) is 9. The molecule has 0 aliphatic rings. The lowest BCUT2D eigenvalue weighted by molar-refractivity contribution is 0.302. The van der Waals surface area contributed by atoms with Crippen molar-refractivity contribution in [2.75, 3.05) is 6.61 Å². The van der Waals surface area contributed by atoms with Gasteiger partial charge in [-0.3, -0.25) is 4.57 Å². The summed E-state index contributed by atoms with van der Waals surface area (Å²) in [5, 5.41) is 0. The van der Waals surface area contributed by atoms with Gasteiger partial charge in [-0.2, -0.15) is 0 Å². The molecule has 0 aromatic carbocycles. The zero-order valence-corrected chi connectivity index (χ0v) is 12.1. The Hall–Kier alpha value is 0.110. The third-order valence-corrected chi connectivity index (χ3v) is 3.38. The van der Waals surface area contributed by atoms with Gasteiger partial charge in [0.05, 0.1) is 6.61 Å². The lowest BCUT2D eigenvalue weighted by atomic mass is 10.1. The van der Waals surface area contributed by atoms with E-state index in [1.54, 1.807) is 0 Å². The number of hydrogen-bond donors (Lipinski definition) is 2. The Morgan fingerprint density at radius 2 is 1.24 bits per heavy atom. The van der Waals surface area contributed by atoms with Gasteiger partial charge < -0.3 is 4.52 Å². The van der Waals surface area contributed by atoms with Gasteiger partial charge >= 0.3 is 7.67 Å². The third-order valence-electron chi connectivity index (χ3n) is 2.79. The standard InChI is InChI=1S/C12H29N2O2P/c1-2-3-4-5-6-7-8-9-10-11-12-16-17(13,14)15/h2-12H2,1H3,(H4,13,14,15). The number of nitrogens with two attached hydrogens (primary N) is 2. The van der Waals surface area contributed by atoms with Crippen LogP contribution in [0.1, 0.15) is 71.1 Å². The monoisotopic (exact) mass is 264 g/mol. The number of hydrogen-bond acceptors (Lipinski definition) is 2. The Bertz CT molecular complexity index is 207. The molecule has 0 fully saturated rings. The molecule has 17 heavy (non-hydrogen) atoms. The Labute approximate surface area is 106 Å². The van der Waals surface area contributed by atoms with E-state index in [2.05, 4.69) is 6.92 Å². The van der Waals surface area contributed by atoms with Gasteiger partial charge in [0.1, 0.15) is 0 Å². The van der Waals surface area contributed by atoms with E-state index >= 15 is 0 Å². The van der Waals surface area contributed by atoms with E-state index in [0.717, 1.165) is 12.8 Å². The molecule has 0 saturated carbocycles. The van der Waals surface area contributed by atoms with Crippen LogP contribution in [0.5, 0.6) is 0 Å². The molecule has 0 bridgehead atoms. The van der Waals surface area contributed by atoms with Crippen LogP contribution in [0.15, 0.2) is 0 Å². The molecular formula is C12H29N2O2P. The molecule has 4 N–H and O–H groups in total. The average Bonchev–Trinajstić information content (AvgIpc) is 2.24. The largest absolute Gasteiger partial charge is 0.335 e. The van der Waals surface area contributed by atoms with Crippen LogP contribution in [-0.2, 0) is 9.09 Å². The summed E-state index contributed by atoms with van der Waals surface area (Å²) in [6.07, 6.45) is 12.6. The number of rotatable bonds is 12. The van der Waals surface area contributed by atoms with Crippen LogP contribution in [0.3, 0.4) is 0 Å². The first-order valence-corrected chi connectivity index (χ1v) is 8.64. The van der Waals surface area contributed by atoms with Crippen LogP contribution in [0.25, 0.3) is 0 Å². The van der Waals surface area contributed by atoms with E-state index in [1.165, 1.54) is 51.4 Å². The van der Waals surface area contributed by atoms with Crippen LogP contribution in [0.2, 0.25) is 0 Å². The predicted molar refractivity (Wildman–Crippen MR) is 73.8 cm³/mol. The van der Waals surface area contributed by atoms with Gasteiger partial charge in [0, 0.05) is 0 Å². The zero-order valence-electron chi connectivity index (χ0n) is 11.2. The van der Waals surface area contributed by atoms with Gasteiger partial charge in [-0.15, -0.1) is 0 Å². The molecule has 0 spiro atoms. The van der Waals surface area contributed by atoms with E-state index in [0.29, 0.717) is 6.61 Å². The molecule has 0 radical (unpaired) electrons. The highest BCUT2D eigenvalue weighted by Crippen LogP contribution is 2.26. The molecule has 0 saturated heterocycles. The lowest BCUT2D eigenvalue weighted by Crippen LogP contribution is -2.08. The second-order valence-electron chi connectivity index (χ2n) is 4.66. The summed E-state index contributed by atoms with van der Waals surface area (Å²) in [6, 6.07) is 0. The summed E-state index contributed by atoms with van der Waals surface area (Å²) in [4.78, 5) is 0. The average molecular weight is 264 g/mol. The summed E-state index contributed by atoms with van der Waals surface area (Å²) in [7, 11) is -3.24. The maximum absolute atomic E-state index is 10.8. The van der Waals surface area contributed by atoms with E-state index in [1.807, 2.05) is 0 Å². The van der Waals surface area contributed by atoms with Crippen molar-refractivity contribution in [2.24, 2.45) is 11.0 Å². The Morgan fingerprint density at radius 3 is 1.65 bits per heavy atom. The Morgan fingerprint density at radius 1 is 0.824 bits per heavy atom. The highest BCUT2D eigenvalue weighted by Gasteiger charge is 2.06. The van der Waals surface area contributed by atoms with Gasteiger partial charge in [-0.05, 0) is 6.42 Å². The summed E-state index contributed by atoms with van der Waals surface area (Å²) < 4.78 is 15.6. The third kappa shape index (κ3) is 16.1. The van der Waals surface area contributed by atoms with Gasteiger partial charge in [-0.25, -0.2) is 11.0 Å². The molecule has 0 aromatic heterocycles. The van der Waals surface area contributed by atoms with Gasteiger partial charge in [-0.1, -0.05) is 64.7 Å². The van der Waals surface area contributed by atoms with E-state index in [4.69, 9.17) is 15.5 Å². The predicted octanol–water partition coefficient (Wildman–Crippen LogP) is 3.95. The molecule has 0 unspecified atom stereocenters. The van der Waals surface area contributed by atoms with Gasteiger partial charge in [0.15, 0.2) is 0 Å². The first kappa shape index (κ1) is 17.1. The summed E-state index contributed by atoms with van der Waals surface area (Å²) in [5.74, 6) is 0. The normalized spacial score (nSPS) is 11.9.